The standard InChI is InChI=1S/C30H48O4.C19H20F3NO2.ClH/c1-25(2)14-15-30(24(33)34)19(16-25)18-8-9-21-27(5)12-11-22(31)26(3,4)20(27)10-13-28(21,6)29(18,7)17-23(30)32;1-14(12-15-6-5-9-17(13-15)19(20,21)22)23-10-11-25-18(24)16-7-3-2-4-8-16;/h8,19-23,31-32H,9-17H2,1-7H3,(H,33,34);2-9,13-14,23H,10-12H2,1H3;1H. The van der Waals surface area contributed by atoms with E-state index >= 15 is 0 Å². The summed E-state index contributed by atoms with van der Waals surface area (Å²) in [5, 5.41) is 36.2. The van der Waals surface area contributed by atoms with Crippen LogP contribution in [0.15, 0.2) is 66.2 Å². The number of carbonyl (C=O) groups excluding carboxylic acids is 1. The van der Waals surface area contributed by atoms with Crippen LogP contribution in [0.3, 0.4) is 0 Å². The van der Waals surface area contributed by atoms with E-state index in [-0.39, 0.29) is 64.2 Å². The first-order chi connectivity index (χ1) is 27.4. The largest absolute Gasteiger partial charge is 0.481 e. The molecule has 0 heterocycles. The monoisotopic (exact) mass is 859 g/mol. The molecule has 0 radical (unpaired) electrons. The number of halogens is 4. The van der Waals surface area contributed by atoms with Crippen LogP contribution in [0.2, 0.25) is 0 Å². The highest BCUT2D eigenvalue weighted by Crippen LogP contribution is 2.75. The van der Waals surface area contributed by atoms with Crippen LogP contribution in [0.5, 0.6) is 0 Å². The van der Waals surface area contributed by atoms with E-state index in [1.54, 1.807) is 30.3 Å². The van der Waals surface area contributed by atoms with Gasteiger partial charge in [0.25, 0.3) is 0 Å². The summed E-state index contributed by atoms with van der Waals surface area (Å²) in [5.74, 6) is -0.307. The Morgan fingerprint density at radius 1 is 0.867 bits per heavy atom. The number of carboxylic acid groups (broad SMARTS) is 1. The zero-order chi connectivity index (χ0) is 43.4. The number of carboxylic acids is 1. The van der Waals surface area contributed by atoms with Gasteiger partial charge in [0.15, 0.2) is 0 Å². The summed E-state index contributed by atoms with van der Waals surface area (Å²) in [6, 6.07) is 13.9. The number of esters is 1. The molecule has 5 aliphatic rings. The quantitative estimate of drug-likeness (QED) is 0.119. The number of fused-ring (bicyclic) bond motifs is 7. The van der Waals surface area contributed by atoms with Gasteiger partial charge in [-0.1, -0.05) is 96.5 Å². The van der Waals surface area contributed by atoms with Crippen LogP contribution >= 0.6 is 12.4 Å². The maximum atomic E-state index is 12.8. The van der Waals surface area contributed by atoms with Crippen molar-refractivity contribution in [3.8, 4) is 0 Å². The van der Waals surface area contributed by atoms with Crippen LogP contribution in [0.1, 0.15) is 135 Å². The number of allylic oxidation sites excluding steroid dienone is 2. The van der Waals surface area contributed by atoms with Gasteiger partial charge in [0.2, 0.25) is 0 Å². The van der Waals surface area contributed by atoms with Gasteiger partial charge in [0.1, 0.15) is 12.0 Å². The average molecular weight is 861 g/mol. The lowest BCUT2D eigenvalue weighted by Gasteiger charge is -2.71. The van der Waals surface area contributed by atoms with Crippen LogP contribution in [0.4, 0.5) is 13.2 Å². The van der Waals surface area contributed by atoms with Crippen molar-refractivity contribution in [3.05, 3.63) is 82.9 Å². The molecule has 0 aliphatic heterocycles. The van der Waals surface area contributed by atoms with Gasteiger partial charge >= 0.3 is 18.1 Å². The number of rotatable bonds is 8. The molecule has 4 saturated carbocycles. The molecule has 334 valence electrons. The summed E-state index contributed by atoms with van der Waals surface area (Å²) < 4.78 is 43.3. The second kappa shape index (κ2) is 17.3. The normalized spacial score (nSPS) is 35.5. The number of benzene rings is 2. The Bertz CT molecular complexity index is 1890. The van der Waals surface area contributed by atoms with Gasteiger partial charge in [-0.3, -0.25) is 4.79 Å². The smallest absolute Gasteiger partial charge is 0.416 e. The minimum Gasteiger partial charge on any atom is -0.481 e. The van der Waals surface area contributed by atoms with Gasteiger partial charge in [0.05, 0.1) is 23.3 Å². The van der Waals surface area contributed by atoms with Crippen molar-refractivity contribution in [2.45, 2.75) is 144 Å². The molecule has 5 aliphatic carbocycles. The number of hydrogen-bond acceptors (Lipinski definition) is 6. The van der Waals surface area contributed by atoms with E-state index in [2.05, 4.69) is 59.9 Å². The molecule has 10 atom stereocenters. The number of nitrogens with one attached hydrogen (secondary N) is 1. The van der Waals surface area contributed by atoms with Crippen molar-refractivity contribution in [1.82, 2.24) is 5.32 Å². The molecule has 0 amide bonds. The summed E-state index contributed by atoms with van der Waals surface area (Å²) in [4.78, 5) is 24.6. The van der Waals surface area contributed by atoms with E-state index in [0.717, 1.165) is 57.1 Å². The Kier molecular flexibility index (Phi) is 13.9. The molecule has 60 heavy (non-hydrogen) atoms. The van der Waals surface area contributed by atoms with Crippen molar-refractivity contribution in [1.29, 1.82) is 0 Å². The van der Waals surface area contributed by atoms with Crippen molar-refractivity contribution < 1.29 is 42.8 Å². The molecule has 7 rings (SSSR count). The first kappa shape index (κ1) is 48.1. The van der Waals surface area contributed by atoms with Crippen molar-refractivity contribution in [2.24, 2.45) is 50.2 Å². The SMILES string of the molecule is CC(Cc1cccc(C(F)(F)F)c1)NCCOC(=O)c1ccccc1.CC1(C)CCC2(C(=O)O)C(O)CC3(C)C(=CCC4C5(C)CCC(O)C(C)(C)C5CCC43C)C2C1.Cl. The lowest BCUT2D eigenvalue weighted by atomic mass is 9.33. The highest BCUT2D eigenvalue weighted by molar-refractivity contribution is 5.89. The van der Waals surface area contributed by atoms with E-state index in [0.29, 0.717) is 48.8 Å². The molecule has 2 aromatic rings. The van der Waals surface area contributed by atoms with E-state index in [1.807, 2.05) is 13.0 Å². The first-order valence-corrected chi connectivity index (χ1v) is 21.8. The summed E-state index contributed by atoms with van der Waals surface area (Å²) in [7, 11) is 0. The fraction of sp³-hybridized carbons (Fsp3) is 0.673. The molecular weight excluding hydrogens is 791 g/mol. The Morgan fingerprint density at radius 3 is 2.20 bits per heavy atom. The number of alkyl halides is 3. The van der Waals surface area contributed by atoms with E-state index < -0.39 is 35.2 Å². The fourth-order valence-electron chi connectivity index (χ4n) is 13.1. The molecule has 4 N–H and O–H groups in total. The Morgan fingerprint density at radius 2 is 1.55 bits per heavy atom. The maximum absolute atomic E-state index is 12.8. The van der Waals surface area contributed by atoms with E-state index in [4.69, 9.17) is 4.74 Å². The second-order valence-corrected chi connectivity index (χ2v) is 20.9. The van der Waals surface area contributed by atoms with Gasteiger partial charge in [-0.2, -0.15) is 13.2 Å². The molecular formula is C49H69ClF3NO6. The number of ether oxygens (including phenoxy) is 1. The molecule has 0 aromatic heterocycles. The number of aliphatic carboxylic acids is 1. The van der Waals surface area contributed by atoms with Gasteiger partial charge in [-0.15, -0.1) is 12.4 Å². The molecule has 0 spiro atoms. The highest BCUT2D eigenvalue weighted by atomic mass is 35.5. The molecule has 7 nitrogen and oxygen atoms in total. The van der Waals surface area contributed by atoms with Crippen LogP contribution < -0.4 is 5.32 Å². The van der Waals surface area contributed by atoms with Gasteiger partial charge < -0.3 is 25.4 Å². The summed E-state index contributed by atoms with van der Waals surface area (Å²) >= 11 is 0. The summed E-state index contributed by atoms with van der Waals surface area (Å²) in [6.07, 6.45) is 5.47. The van der Waals surface area contributed by atoms with Crippen LogP contribution in [0, 0.1) is 50.2 Å². The molecule has 4 fully saturated rings. The van der Waals surface area contributed by atoms with Crippen molar-refractivity contribution in [3.63, 3.8) is 0 Å². The van der Waals surface area contributed by atoms with Crippen LogP contribution in [-0.2, 0) is 22.1 Å². The number of carbonyl (C=O) groups is 2. The van der Waals surface area contributed by atoms with Crippen LogP contribution in [-0.4, -0.2) is 58.7 Å². The zero-order valence-electron chi connectivity index (χ0n) is 36.8. The van der Waals surface area contributed by atoms with Gasteiger partial charge in [0, 0.05) is 12.6 Å². The minimum absolute atomic E-state index is 0. The third-order valence-electron chi connectivity index (χ3n) is 16.7. The van der Waals surface area contributed by atoms with Crippen molar-refractivity contribution in [2.75, 3.05) is 13.2 Å². The number of aliphatic hydroxyl groups is 2. The minimum atomic E-state index is -4.34. The Hall–Kier alpha value is -2.92. The maximum Gasteiger partial charge on any atom is 0.416 e. The third-order valence-corrected chi connectivity index (χ3v) is 16.7. The molecule has 0 bridgehead atoms. The lowest BCUT2D eigenvalue weighted by Crippen LogP contribution is -2.67. The Balaban J connectivity index is 0.000000235. The topological polar surface area (TPSA) is 116 Å². The van der Waals surface area contributed by atoms with E-state index in [9.17, 15) is 38.1 Å². The molecule has 0 saturated heterocycles. The van der Waals surface area contributed by atoms with Crippen molar-refractivity contribution >= 4 is 24.3 Å². The number of hydrogen-bond donors (Lipinski definition) is 4. The number of aliphatic hydroxyl groups excluding tert-OH is 2. The van der Waals surface area contributed by atoms with E-state index in [1.165, 1.54) is 11.6 Å². The van der Waals surface area contributed by atoms with Gasteiger partial charge in [-0.05, 0) is 140 Å². The fourth-order valence-corrected chi connectivity index (χ4v) is 13.1. The summed E-state index contributed by atoms with van der Waals surface area (Å²) in [5.41, 5.74) is 0.744. The average Bonchev–Trinajstić information content (AvgIpc) is 3.15. The zero-order valence-corrected chi connectivity index (χ0v) is 37.6. The summed E-state index contributed by atoms with van der Waals surface area (Å²) in [6.45, 7) is 18.9. The van der Waals surface area contributed by atoms with Gasteiger partial charge in [-0.25, -0.2) is 4.79 Å². The first-order valence-electron chi connectivity index (χ1n) is 21.8. The Labute approximate surface area is 361 Å². The second-order valence-electron chi connectivity index (χ2n) is 20.9. The lowest BCUT2D eigenvalue weighted by molar-refractivity contribution is -0.218. The molecule has 2 aromatic carbocycles. The third kappa shape index (κ3) is 8.57. The van der Waals surface area contributed by atoms with Crippen LogP contribution in [0.25, 0.3) is 0 Å². The predicted molar refractivity (Wildman–Crippen MR) is 231 cm³/mol. The predicted octanol–water partition coefficient (Wildman–Crippen LogP) is 10.7. The highest BCUT2D eigenvalue weighted by Gasteiger charge is 2.71. The molecule has 10 unspecified atom stereocenters. The molecule has 11 heteroatoms.